The Hall–Kier alpha value is -1.77. The van der Waals surface area contributed by atoms with Crippen LogP contribution in [0.15, 0.2) is 30.3 Å². The zero-order chi connectivity index (χ0) is 11.8. The van der Waals surface area contributed by atoms with E-state index in [0.717, 1.165) is 17.7 Å². The average Bonchev–Trinajstić information content (AvgIpc) is 2.34. The van der Waals surface area contributed by atoms with Gasteiger partial charge in [0.05, 0.1) is 7.11 Å². The van der Waals surface area contributed by atoms with Gasteiger partial charge in [-0.2, -0.15) is 0 Å². The summed E-state index contributed by atoms with van der Waals surface area (Å²) in [4.78, 5) is 11.3. The highest BCUT2D eigenvalue weighted by atomic mass is 16.5. The summed E-state index contributed by atoms with van der Waals surface area (Å²) in [7, 11) is 1.61. The summed E-state index contributed by atoms with van der Waals surface area (Å²) >= 11 is 0. The second kappa shape index (κ2) is 6.67. The molecule has 0 aliphatic carbocycles. The van der Waals surface area contributed by atoms with Gasteiger partial charge in [-0.1, -0.05) is 25.1 Å². The second-order valence-electron chi connectivity index (χ2n) is 3.37. The first-order chi connectivity index (χ1) is 7.77. The molecule has 0 aromatic heterocycles. The maximum absolute atomic E-state index is 11.3. The van der Waals surface area contributed by atoms with Crippen molar-refractivity contribution in [3.63, 3.8) is 0 Å². The normalized spacial score (nSPS) is 10.4. The maximum Gasteiger partial charge on any atom is 0.244 e. The van der Waals surface area contributed by atoms with E-state index in [2.05, 4.69) is 5.32 Å². The molecule has 0 aliphatic heterocycles. The van der Waals surface area contributed by atoms with Gasteiger partial charge < -0.3 is 10.1 Å². The van der Waals surface area contributed by atoms with Gasteiger partial charge in [-0.25, -0.2) is 0 Å². The lowest BCUT2D eigenvalue weighted by Crippen LogP contribution is -2.21. The van der Waals surface area contributed by atoms with Crippen LogP contribution in [0.3, 0.4) is 0 Å². The summed E-state index contributed by atoms with van der Waals surface area (Å²) in [6.07, 6.45) is 4.21. The van der Waals surface area contributed by atoms with Gasteiger partial charge >= 0.3 is 0 Å². The second-order valence-corrected chi connectivity index (χ2v) is 3.37. The number of ether oxygens (including phenoxy) is 1. The van der Waals surface area contributed by atoms with Crippen molar-refractivity contribution >= 4 is 12.0 Å². The van der Waals surface area contributed by atoms with Gasteiger partial charge in [0.25, 0.3) is 0 Å². The Balaban J connectivity index is 2.64. The highest BCUT2D eigenvalue weighted by Gasteiger charge is 1.98. The molecule has 3 nitrogen and oxygen atoms in total. The molecular formula is C13H17NO2. The van der Waals surface area contributed by atoms with Crippen molar-refractivity contribution in [1.29, 1.82) is 0 Å². The van der Waals surface area contributed by atoms with Crippen molar-refractivity contribution in [3.05, 3.63) is 35.9 Å². The number of benzene rings is 1. The van der Waals surface area contributed by atoms with E-state index in [1.807, 2.05) is 31.2 Å². The molecule has 86 valence electrons. The van der Waals surface area contributed by atoms with E-state index < -0.39 is 0 Å². The fraction of sp³-hybridized carbons (Fsp3) is 0.308. The van der Waals surface area contributed by atoms with Gasteiger partial charge in [0.1, 0.15) is 5.75 Å². The van der Waals surface area contributed by atoms with Crippen LogP contribution < -0.4 is 10.1 Å². The summed E-state index contributed by atoms with van der Waals surface area (Å²) in [5.41, 5.74) is 0.900. The lowest BCUT2D eigenvalue weighted by Gasteiger charge is -2.03. The molecule has 0 fully saturated rings. The molecule has 0 atom stereocenters. The van der Waals surface area contributed by atoms with E-state index in [1.165, 1.54) is 6.08 Å². The molecule has 0 saturated heterocycles. The quantitative estimate of drug-likeness (QED) is 0.771. The number of hydrogen-bond donors (Lipinski definition) is 1. The van der Waals surface area contributed by atoms with Crippen molar-refractivity contribution < 1.29 is 9.53 Å². The van der Waals surface area contributed by atoms with E-state index in [-0.39, 0.29) is 5.91 Å². The molecule has 0 unspecified atom stereocenters. The van der Waals surface area contributed by atoms with E-state index in [9.17, 15) is 4.79 Å². The highest BCUT2D eigenvalue weighted by molar-refractivity contribution is 5.92. The van der Waals surface area contributed by atoms with Crippen LogP contribution in [0.25, 0.3) is 6.08 Å². The molecule has 1 rings (SSSR count). The molecule has 0 heterocycles. The average molecular weight is 219 g/mol. The molecule has 0 saturated carbocycles. The highest BCUT2D eigenvalue weighted by Crippen LogP contribution is 2.18. The number of rotatable bonds is 5. The smallest absolute Gasteiger partial charge is 0.244 e. The van der Waals surface area contributed by atoms with Crippen LogP contribution in [0, 0.1) is 0 Å². The predicted molar refractivity (Wildman–Crippen MR) is 65.3 cm³/mol. The van der Waals surface area contributed by atoms with Gasteiger partial charge in [-0.3, -0.25) is 4.79 Å². The molecule has 3 heteroatoms. The Morgan fingerprint density at radius 1 is 1.44 bits per heavy atom. The molecule has 1 N–H and O–H groups in total. The summed E-state index contributed by atoms with van der Waals surface area (Å²) in [6.45, 7) is 2.72. The van der Waals surface area contributed by atoms with Crippen LogP contribution in [0.5, 0.6) is 5.75 Å². The molecule has 0 radical (unpaired) electrons. The summed E-state index contributed by atoms with van der Waals surface area (Å²) in [5, 5.41) is 2.77. The van der Waals surface area contributed by atoms with Crippen LogP contribution in [-0.4, -0.2) is 19.6 Å². The Labute approximate surface area is 96.1 Å². The monoisotopic (exact) mass is 219 g/mol. The van der Waals surface area contributed by atoms with Gasteiger partial charge in [-0.05, 0) is 18.6 Å². The van der Waals surface area contributed by atoms with Crippen molar-refractivity contribution in [2.24, 2.45) is 0 Å². The van der Waals surface area contributed by atoms with Crippen LogP contribution in [0.4, 0.5) is 0 Å². The van der Waals surface area contributed by atoms with Gasteiger partial charge in [0.15, 0.2) is 0 Å². The van der Waals surface area contributed by atoms with Crippen molar-refractivity contribution in [2.45, 2.75) is 13.3 Å². The Morgan fingerprint density at radius 3 is 2.88 bits per heavy atom. The van der Waals surface area contributed by atoms with Crippen LogP contribution in [0.1, 0.15) is 18.9 Å². The number of hydrogen-bond acceptors (Lipinski definition) is 2. The number of para-hydroxylation sites is 1. The van der Waals surface area contributed by atoms with Crippen LogP contribution in [0.2, 0.25) is 0 Å². The molecule has 16 heavy (non-hydrogen) atoms. The Morgan fingerprint density at radius 2 is 2.19 bits per heavy atom. The molecule has 1 aromatic carbocycles. The zero-order valence-electron chi connectivity index (χ0n) is 9.69. The van der Waals surface area contributed by atoms with Crippen molar-refractivity contribution in [2.75, 3.05) is 13.7 Å². The van der Waals surface area contributed by atoms with E-state index in [1.54, 1.807) is 13.2 Å². The molecule has 0 bridgehead atoms. The van der Waals surface area contributed by atoms with Crippen LogP contribution in [-0.2, 0) is 4.79 Å². The topological polar surface area (TPSA) is 38.3 Å². The van der Waals surface area contributed by atoms with Gasteiger partial charge in [0, 0.05) is 18.2 Å². The number of carbonyl (C=O) groups excluding carboxylic acids is 1. The number of carbonyl (C=O) groups is 1. The first kappa shape index (κ1) is 12.3. The third-order valence-electron chi connectivity index (χ3n) is 2.10. The lowest BCUT2D eigenvalue weighted by atomic mass is 10.2. The molecule has 1 aromatic rings. The molecule has 1 amide bonds. The first-order valence-electron chi connectivity index (χ1n) is 5.37. The zero-order valence-corrected chi connectivity index (χ0v) is 9.69. The lowest BCUT2D eigenvalue weighted by molar-refractivity contribution is -0.116. The molecule has 0 aliphatic rings. The number of methoxy groups -OCH3 is 1. The van der Waals surface area contributed by atoms with E-state index in [0.29, 0.717) is 6.54 Å². The van der Waals surface area contributed by atoms with Crippen molar-refractivity contribution in [1.82, 2.24) is 5.32 Å². The predicted octanol–water partition coefficient (Wildman–Crippen LogP) is 2.23. The molecule has 0 spiro atoms. The number of nitrogens with one attached hydrogen (secondary N) is 1. The fourth-order valence-corrected chi connectivity index (χ4v) is 1.28. The fourth-order valence-electron chi connectivity index (χ4n) is 1.28. The summed E-state index contributed by atoms with van der Waals surface area (Å²) < 4.78 is 5.18. The Bertz CT molecular complexity index is 372. The van der Waals surface area contributed by atoms with Crippen molar-refractivity contribution in [3.8, 4) is 5.75 Å². The number of amides is 1. The van der Waals surface area contributed by atoms with E-state index in [4.69, 9.17) is 4.74 Å². The summed E-state index contributed by atoms with van der Waals surface area (Å²) in [5.74, 6) is 0.690. The van der Waals surface area contributed by atoms with E-state index >= 15 is 0 Å². The van der Waals surface area contributed by atoms with Crippen LogP contribution >= 0.6 is 0 Å². The van der Waals surface area contributed by atoms with Gasteiger partial charge in [0.2, 0.25) is 5.91 Å². The minimum Gasteiger partial charge on any atom is -0.496 e. The third-order valence-corrected chi connectivity index (χ3v) is 2.10. The standard InChI is InChI=1S/C13H17NO2/c1-3-10-14-13(15)9-8-11-6-4-5-7-12(11)16-2/h4-9H,3,10H2,1-2H3,(H,14,15)/b9-8+. The first-order valence-corrected chi connectivity index (χ1v) is 5.37. The maximum atomic E-state index is 11.3. The Kier molecular flexibility index (Phi) is 5.12. The molecular weight excluding hydrogens is 202 g/mol. The largest absolute Gasteiger partial charge is 0.496 e. The summed E-state index contributed by atoms with van der Waals surface area (Å²) in [6, 6.07) is 7.57. The minimum absolute atomic E-state index is 0.0762. The minimum atomic E-state index is -0.0762. The van der Waals surface area contributed by atoms with Gasteiger partial charge in [-0.15, -0.1) is 0 Å². The third kappa shape index (κ3) is 3.77. The SMILES string of the molecule is CCCNC(=O)/C=C/c1ccccc1OC.